The highest BCUT2D eigenvalue weighted by atomic mass is 16.4. The van der Waals surface area contributed by atoms with E-state index >= 15 is 0 Å². The Labute approximate surface area is 129 Å². The summed E-state index contributed by atoms with van der Waals surface area (Å²) in [4.78, 5) is 24.3. The minimum absolute atomic E-state index is 0.0255. The lowest BCUT2D eigenvalue weighted by Crippen LogP contribution is -2.21. The SMILES string of the molecule is Cc1ccc(C(=O)O)c(C(=O)C(CO)c2ccccc2)c1C. The molecule has 0 aliphatic carbocycles. The number of aromatic carboxylic acids is 1. The average molecular weight is 298 g/mol. The second kappa shape index (κ2) is 6.54. The van der Waals surface area contributed by atoms with Gasteiger partial charge in [-0.05, 0) is 36.6 Å². The van der Waals surface area contributed by atoms with Crippen molar-refractivity contribution in [1.82, 2.24) is 0 Å². The van der Waals surface area contributed by atoms with E-state index in [4.69, 9.17) is 0 Å². The first-order valence-corrected chi connectivity index (χ1v) is 7.01. The van der Waals surface area contributed by atoms with Crippen LogP contribution in [0.5, 0.6) is 0 Å². The van der Waals surface area contributed by atoms with Crippen molar-refractivity contribution in [3.8, 4) is 0 Å². The summed E-state index contributed by atoms with van der Waals surface area (Å²) in [5, 5.41) is 19.0. The van der Waals surface area contributed by atoms with Gasteiger partial charge < -0.3 is 10.2 Å². The van der Waals surface area contributed by atoms with Crippen LogP contribution >= 0.6 is 0 Å². The van der Waals surface area contributed by atoms with Gasteiger partial charge >= 0.3 is 5.97 Å². The van der Waals surface area contributed by atoms with Crippen LogP contribution in [0, 0.1) is 13.8 Å². The Morgan fingerprint density at radius 3 is 2.23 bits per heavy atom. The highest BCUT2D eigenvalue weighted by Crippen LogP contribution is 2.26. The van der Waals surface area contributed by atoms with Gasteiger partial charge in [-0.1, -0.05) is 36.4 Å². The molecular weight excluding hydrogens is 280 g/mol. The molecule has 114 valence electrons. The minimum Gasteiger partial charge on any atom is -0.478 e. The number of carbonyl (C=O) groups excluding carboxylic acids is 1. The third-order valence-corrected chi connectivity index (χ3v) is 3.91. The number of aliphatic hydroxyl groups is 1. The fraction of sp³-hybridized carbons (Fsp3) is 0.222. The van der Waals surface area contributed by atoms with Crippen LogP contribution in [-0.2, 0) is 0 Å². The van der Waals surface area contributed by atoms with Crippen molar-refractivity contribution in [2.45, 2.75) is 19.8 Å². The molecule has 0 bridgehead atoms. The van der Waals surface area contributed by atoms with Crippen LogP contribution in [-0.4, -0.2) is 28.6 Å². The summed E-state index contributed by atoms with van der Waals surface area (Å²) in [6.45, 7) is 3.19. The van der Waals surface area contributed by atoms with Crippen LogP contribution in [0.4, 0.5) is 0 Å². The number of carbonyl (C=O) groups is 2. The predicted molar refractivity (Wildman–Crippen MR) is 83.5 cm³/mol. The summed E-state index contributed by atoms with van der Waals surface area (Å²) >= 11 is 0. The van der Waals surface area contributed by atoms with Crippen molar-refractivity contribution in [3.05, 3.63) is 70.3 Å². The molecule has 4 nitrogen and oxygen atoms in total. The number of hydrogen-bond donors (Lipinski definition) is 2. The van der Waals surface area contributed by atoms with E-state index in [1.165, 1.54) is 6.07 Å². The highest BCUT2D eigenvalue weighted by Gasteiger charge is 2.27. The van der Waals surface area contributed by atoms with Crippen LogP contribution in [0.15, 0.2) is 42.5 Å². The molecule has 0 saturated carbocycles. The van der Waals surface area contributed by atoms with Crippen molar-refractivity contribution in [1.29, 1.82) is 0 Å². The van der Waals surface area contributed by atoms with Crippen molar-refractivity contribution < 1.29 is 19.8 Å². The van der Waals surface area contributed by atoms with Crippen LogP contribution in [0.2, 0.25) is 0 Å². The molecule has 2 aromatic rings. The number of carboxylic acids is 1. The molecule has 0 amide bonds. The third-order valence-electron chi connectivity index (χ3n) is 3.91. The van der Waals surface area contributed by atoms with E-state index in [9.17, 15) is 19.8 Å². The van der Waals surface area contributed by atoms with Crippen molar-refractivity contribution in [2.24, 2.45) is 0 Å². The summed E-state index contributed by atoms with van der Waals surface area (Å²) in [6.07, 6.45) is 0. The number of Topliss-reactive ketones (excluding diaryl/α,β-unsaturated/α-hetero) is 1. The van der Waals surface area contributed by atoms with Gasteiger partial charge in [-0.25, -0.2) is 4.79 Å². The van der Waals surface area contributed by atoms with E-state index in [-0.39, 0.29) is 23.5 Å². The quantitative estimate of drug-likeness (QED) is 0.832. The molecule has 0 fully saturated rings. The van der Waals surface area contributed by atoms with Crippen LogP contribution < -0.4 is 0 Å². The zero-order valence-corrected chi connectivity index (χ0v) is 12.5. The second-order valence-corrected chi connectivity index (χ2v) is 5.25. The summed E-state index contributed by atoms with van der Waals surface area (Å²) in [6, 6.07) is 12.0. The Hall–Kier alpha value is -2.46. The fourth-order valence-corrected chi connectivity index (χ4v) is 2.51. The van der Waals surface area contributed by atoms with Crippen molar-refractivity contribution >= 4 is 11.8 Å². The maximum Gasteiger partial charge on any atom is 0.336 e. The summed E-state index contributed by atoms with van der Waals surface area (Å²) in [5.74, 6) is -2.27. The maximum absolute atomic E-state index is 12.9. The van der Waals surface area contributed by atoms with Gasteiger partial charge in [0.05, 0.1) is 18.1 Å². The Kier molecular flexibility index (Phi) is 4.73. The Morgan fingerprint density at radius 1 is 1.05 bits per heavy atom. The molecule has 2 N–H and O–H groups in total. The Morgan fingerprint density at radius 2 is 1.68 bits per heavy atom. The van der Waals surface area contributed by atoms with E-state index in [1.807, 2.05) is 13.0 Å². The normalized spacial score (nSPS) is 12.0. The first kappa shape index (κ1) is 15.9. The molecule has 0 spiro atoms. The molecule has 0 aliphatic rings. The third kappa shape index (κ3) is 2.92. The molecule has 22 heavy (non-hydrogen) atoms. The number of hydrogen-bond acceptors (Lipinski definition) is 3. The molecule has 0 heterocycles. The average Bonchev–Trinajstić information content (AvgIpc) is 2.51. The minimum atomic E-state index is -1.14. The summed E-state index contributed by atoms with van der Waals surface area (Å²) in [5.41, 5.74) is 2.31. The lowest BCUT2D eigenvalue weighted by molar-refractivity contribution is 0.0689. The zero-order chi connectivity index (χ0) is 16.3. The lowest BCUT2D eigenvalue weighted by atomic mass is 9.85. The van der Waals surface area contributed by atoms with Crippen molar-refractivity contribution in [2.75, 3.05) is 6.61 Å². The van der Waals surface area contributed by atoms with Gasteiger partial charge in [-0.15, -0.1) is 0 Å². The smallest absolute Gasteiger partial charge is 0.336 e. The standard InChI is InChI=1S/C18H18O4/c1-11-8-9-14(18(21)22)16(12(11)2)17(20)15(10-19)13-6-4-3-5-7-13/h3-9,15,19H,10H2,1-2H3,(H,21,22). The van der Waals surface area contributed by atoms with Gasteiger partial charge in [0, 0.05) is 5.56 Å². The largest absolute Gasteiger partial charge is 0.478 e. The van der Waals surface area contributed by atoms with E-state index in [2.05, 4.69) is 0 Å². The molecular formula is C18H18O4. The predicted octanol–water partition coefficient (Wildman–Crippen LogP) is 2.96. The number of rotatable bonds is 5. The van der Waals surface area contributed by atoms with Gasteiger partial charge in [-0.2, -0.15) is 0 Å². The van der Waals surface area contributed by atoms with E-state index in [0.29, 0.717) is 11.1 Å². The van der Waals surface area contributed by atoms with E-state index in [1.54, 1.807) is 37.3 Å². The van der Waals surface area contributed by atoms with Crippen LogP contribution in [0.3, 0.4) is 0 Å². The summed E-state index contributed by atoms with van der Waals surface area (Å²) in [7, 11) is 0. The highest BCUT2D eigenvalue weighted by molar-refractivity contribution is 6.09. The first-order chi connectivity index (χ1) is 10.5. The molecule has 0 radical (unpaired) electrons. The number of aryl methyl sites for hydroxylation is 1. The molecule has 4 heteroatoms. The number of ketones is 1. The first-order valence-electron chi connectivity index (χ1n) is 7.01. The van der Waals surface area contributed by atoms with Gasteiger partial charge in [0.2, 0.25) is 0 Å². The van der Waals surface area contributed by atoms with Gasteiger partial charge in [0.25, 0.3) is 0 Å². The molecule has 2 rings (SSSR count). The van der Waals surface area contributed by atoms with Gasteiger partial charge in [0.1, 0.15) is 0 Å². The number of benzene rings is 2. The van der Waals surface area contributed by atoms with Crippen LogP contribution in [0.1, 0.15) is 43.3 Å². The number of carboxylic acid groups (broad SMARTS) is 1. The maximum atomic E-state index is 12.9. The lowest BCUT2D eigenvalue weighted by Gasteiger charge is -2.18. The van der Waals surface area contributed by atoms with Gasteiger partial charge in [-0.3, -0.25) is 4.79 Å². The summed E-state index contributed by atoms with van der Waals surface area (Å²) < 4.78 is 0. The zero-order valence-electron chi connectivity index (χ0n) is 12.5. The van der Waals surface area contributed by atoms with E-state index < -0.39 is 11.9 Å². The van der Waals surface area contributed by atoms with E-state index in [0.717, 1.165) is 5.56 Å². The molecule has 0 aliphatic heterocycles. The van der Waals surface area contributed by atoms with Gasteiger partial charge in [0.15, 0.2) is 5.78 Å². The molecule has 2 aromatic carbocycles. The van der Waals surface area contributed by atoms with Crippen molar-refractivity contribution in [3.63, 3.8) is 0 Å². The number of aliphatic hydroxyl groups excluding tert-OH is 1. The monoisotopic (exact) mass is 298 g/mol. The second-order valence-electron chi connectivity index (χ2n) is 5.25. The molecule has 0 aromatic heterocycles. The molecule has 1 atom stereocenters. The van der Waals surface area contributed by atoms with Crippen LogP contribution in [0.25, 0.3) is 0 Å². The fourth-order valence-electron chi connectivity index (χ4n) is 2.51. The Balaban J connectivity index is 2.57. The topological polar surface area (TPSA) is 74.6 Å². The Bertz CT molecular complexity index is 705. The molecule has 1 unspecified atom stereocenters. The molecule has 0 saturated heterocycles.